The molecule has 1 radical (unpaired) electrons. The minimum Gasteiger partial charge on any atom is -0.338 e. The molecule has 0 atom stereocenters. The van der Waals surface area contributed by atoms with Gasteiger partial charge in [0.1, 0.15) is 0 Å². The average molecular weight is 153 g/mol. The maximum Gasteiger partial charge on any atom is 0.299 e. The molecule has 2 heteroatoms. The number of halogens is 1. The number of benzene rings is 1. The van der Waals surface area contributed by atoms with Gasteiger partial charge in [-0.3, -0.25) is 0 Å². The van der Waals surface area contributed by atoms with Crippen LogP contribution in [-0.2, 0) is 4.74 Å². The molecule has 0 fully saturated rings. The van der Waals surface area contributed by atoms with Crippen LogP contribution < -0.4 is 0 Å². The third-order valence-electron chi connectivity index (χ3n) is 1.27. The lowest BCUT2D eigenvalue weighted by Gasteiger charge is -2.04. The largest absolute Gasteiger partial charge is 0.338 e. The molecule has 0 N–H and O–H groups in total. The highest BCUT2D eigenvalue weighted by Gasteiger charge is 2.09. The highest BCUT2D eigenvalue weighted by atomic mass is 19.1. The van der Waals surface area contributed by atoms with Crippen LogP contribution in [0, 0.1) is 6.36 Å². The van der Waals surface area contributed by atoms with Crippen LogP contribution in [0.3, 0.4) is 0 Å². The Hall–Kier alpha value is -0.890. The van der Waals surface area contributed by atoms with Gasteiger partial charge < -0.3 is 4.74 Å². The number of ether oxygens (including phenoxy) is 1. The van der Waals surface area contributed by atoms with Crippen LogP contribution in [0.2, 0.25) is 0 Å². The second kappa shape index (κ2) is 4.09. The van der Waals surface area contributed by atoms with Gasteiger partial charge in [0.2, 0.25) is 0 Å². The standard InChI is InChI=1S/C9H10FO/c1-2-11-9(10)8-6-4-3-5-7-8/h3-7H,2H2,1H3. The second-order valence-electron chi connectivity index (χ2n) is 2.07. The lowest BCUT2D eigenvalue weighted by molar-refractivity contribution is 0.0938. The number of hydrogen-bond donors (Lipinski definition) is 0. The fourth-order valence-electron chi connectivity index (χ4n) is 0.779. The zero-order valence-corrected chi connectivity index (χ0v) is 6.38. The third kappa shape index (κ3) is 2.31. The van der Waals surface area contributed by atoms with Crippen molar-refractivity contribution < 1.29 is 9.13 Å². The monoisotopic (exact) mass is 153 g/mol. The maximum absolute atomic E-state index is 12.8. The van der Waals surface area contributed by atoms with Gasteiger partial charge in [0.05, 0.1) is 0 Å². The molecule has 0 heterocycles. The Morgan fingerprint density at radius 3 is 2.55 bits per heavy atom. The van der Waals surface area contributed by atoms with E-state index in [1.165, 1.54) is 0 Å². The molecule has 0 aliphatic heterocycles. The smallest absolute Gasteiger partial charge is 0.299 e. The minimum atomic E-state index is -0.506. The molecule has 0 spiro atoms. The van der Waals surface area contributed by atoms with E-state index < -0.39 is 6.36 Å². The molecule has 0 unspecified atom stereocenters. The number of rotatable bonds is 3. The average Bonchev–Trinajstić information content (AvgIpc) is 2.07. The molecule has 1 nitrogen and oxygen atoms in total. The van der Waals surface area contributed by atoms with Crippen molar-refractivity contribution in [2.24, 2.45) is 0 Å². The maximum atomic E-state index is 12.8. The lowest BCUT2D eigenvalue weighted by Crippen LogP contribution is -1.97. The molecule has 1 aromatic carbocycles. The Labute approximate surface area is 65.8 Å². The Morgan fingerprint density at radius 1 is 1.36 bits per heavy atom. The Kier molecular flexibility index (Phi) is 3.05. The van der Waals surface area contributed by atoms with Crippen molar-refractivity contribution >= 4 is 0 Å². The van der Waals surface area contributed by atoms with Crippen molar-refractivity contribution in [3.05, 3.63) is 42.3 Å². The quantitative estimate of drug-likeness (QED) is 0.648. The van der Waals surface area contributed by atoms with Gasteiger partial charge in [0, 0.05) is 12.2 Å². The van der Waals surface area contributed by atoms with E-state index in [1.54, 1.807) is 31.2 Å². The van der Waals surface area contributed by atoms with E-state index >= 15 is 0 Å². The third-order valence-corrected chi connectivity index (χ3v) is 1.27. The van der Waals surface area contributed by atoms with Crippen molar-refractivity contribution in [2.45, 2.75) is 6.92 Å². The van der Waals surface area contributed by atoms with E-state index in [9.17, 15) is 4.39 Å². The summed E-state index contributed by atoms with van der Waals surface area (Å²) in [4.78, 5) is 0. The first kappa shape index (κ1) is 8.21. The summed E-state index contributed by atoms with van der Waals surface area (Å²) >= 11 is 0. The Morgan fingerprint density at radius 2 is 2.00 bits per heavy atom. The summed E-state index contributed by atoms with van der Waals surface area (Å²) in [6, 6.07) is 8.72. The van der Waals surface area contributed by atoms with Crippen LogP contribution in [0.4, 0.5) is 4.39 Å². The highest BCUT2D eigenvalue weighted by Crippen LogP contribution is 2.16. The fraction of sp³-hybridized carbons (Fsp3) is 0.222. The van der Waals surface area contributed by atoms with Gasteiger partial charge >= 0.3 is 0 Å². The van der Waals surface area contributed by atoms with Crippen molar-refractivity contribution in [1.29, 1.82) is 0 Å². The van der Waals surface area contributed by atoms with Gasteiger partial charge in [0.15, 0.2) is 0 Å². The van der Waals surface area contributed by atoms with Crippen molar-refractivity contribution in [3.8, 4) is 0 Å². The number of hydrogen-bond acceptors (Lipinski definition) is 1. The first-order chi connectivity index (χ1) is 5.34. The summed E-state index contributed by atoms with van der Waals surface area (Å²) < 4.78 is 17.5. The fourth-order valence-corrected chi connectivity index (χ4v) is 0.779. The summed E-state index contributed by atoms with van der Waals surface area (Å²) in [7, 11) is 0. The second-order valence-corrected chi connectivity index (χ2v) is 2.07. The molecule has 0 aromatic heterocycles. The normalized spacial score (nSPS) is 10.5. The summed E-state index contributed by atoms with van der Waals surface area (Å²) in [6.07, 6.45) is -0.506. The molecule has 11 heavy (non-hydrogen) atoms. The van der Waals surface area contributed by atoms with Gasteiger partial charge in [-0.25, -0.2) is 0 Å². The van der Waals surface area contributed by atoms with Gasteiger partial charge in [-0.2, -0.15) is 4.39 Å². The first-order valence-corrected chi connectivity index (χ1v) is 3.55. The molecule has 0 aliphatic carbocycles. The van der Waals surface area contributed by atoms with Crippen LogP contribution in [0.25, 0.3) is 0 Å². The van der Waals surface area contributed by atoms with Crippen LogP contribution in [-0.4, -0.2) is 6.61 Å². The molecule has 1 aromatic rings. The van der Waals surface area contributed by atoms with E-state index in [0.29, 0.717) is 12.2 Å². The SMILES string of the molecule is CCO[C](F)c1ccccc1. The van der Waals surface area contributed by atoms with Gasteiger partial charge in [-0.1, -0.05) is 30.3 Å². The predicted octanol–water partition coefficient (Wildman–Crippen LogP) is 2.53. The molecule has 0 saturated heterocycles. The molecular formula is C9H10FO. The molecule has 0 aliphatic rings. The first-order valence-electron chi connectivity index (χ1n) is 3.55. The molecule has 59 valence electrons. The summed E-state index contributed by atoms with van der Waals surface area (Å²) in [6.45, 7) is 2.11. The van der Waals surface area contributed by atoms with Crippen molar-refractivity contribution in [3.63, 3.8) is 0 Å². The summed E-state index contributed by atoms with van der Waals surface area (Å²) in [5.74, 6) is 0. The minimum absolute atomic E-state index is 0.362. The van der Waals surface area contributed by atoms with Gasteiger partial charge in [-0.05, 0) is 6.92 Å². The van der Waals surface area contributed by atoms with E-state index in [4.69, 9.17) is 0 Å². The van der Waals surface area contributed by atoms with Crippen molar-refractivity contribution in [1.82, 2.24) is 0 Å². The van der Waals surface area contributed by atoms with Crippen molar-refractivity contribution in [2.75, 3.05) is 6.61 Å². The van der Waals surface area contributed by atoms with Crippen LogP contribution in [0.1, 0.15) is 12.5 Å². The van der Waals surface area contributed by atoms with Gasteiger partial charge in [-0.15, -0.1) is 0 Å². The zero-order chi connectivity index (χ0) is 8.10. The topological polar surface area (TPSA) is 9.23 Å². The lowest BCUT2D eigenvalue weighted by atomic mass is 10.2. The molecule has 0 amide bonds. The van der Waals surface area contributed by atoms with E-state index in [2.05, 4.69) is 4.74 Å². The Balaban J connectivity index is 2.61. The summed E-state index contributed by atoms with van der Waals surface area (Å²) in [5.41, 5.74) is 0.495. The highest BCUT2D eigenvalue weighted by molar-refractivity contribution is 5.23. The van der Waals surface area contributed by atoms with Crippen LogP contribution in [0.5, 0.6) is 0 Å². The summed E-state index contributed by atoms with van der Waals surface area (Å²) in [5, 5.41) is 0. The van der Waals surface area contributed by atoms with Gasteiger partial charge in [0.25, 0.3) is 6.36 Å². The van der Waals surface area contributed by atoms with E-state index in [1.807, 2.05) is 6.07 Å². The van der Waals surface area contributed by atoms with Crippen LogP contribution >= 0.6 is 0 Å². The molecule has 0 saturated carbocycles. The molecule has 0 bridgehead atoms. The molecule has 1 rings (SSSR count). The van der Waals surface area contributed by atoms with Crippen LogP contribution in [0.15, 0.2) is 30.3 Å². The zero-order valence-electron chi connectivity index (χ0n) is 6.38. The Bertz CT molecular complexity index is 198. The molecular weight excluding hydrogens is 143 g/mol. The predicted molar refractivity (Wildman–Crippen MR) is 41.5 cm³/mol. The van der Waals surface area contributed by atoms with E-state index in [0.717, 1.165) is 0 Å². The van der Waals surface area contributed by atoms with E-state index in [-0.39, 0.29) is 0 Å².